The summed E-state index contributed by atoms with van der Waals surface area (Å²) in [6.45, 7) is 1.65. The number of hydrogen-bond donors (Lipinski definition) is 1. The number of rotatable bonds is 2. The van der Waals surface area contributed by atoms with Gasteiger partial charge >= 0.3 is 8.60 Å². The lowest BCUT2D eigenvalue weighted by Gasteiger charge is -2.39. The van der Waals surface area contributed by atoms with E-state index in [1.165, 1.54) is 0 Å². The Bertz CT molecular complexity index is 135. The molecule has 3 saturated heterocycles. The van der Waals surface area contributed by atoms with Crippen LogP contribution < -0.4 is 0 Å². The molecular formula is C6H11O4P. The fourth-order valence-corrected chi connectivity index (χ4v) is 2.61. The molecule has 0 aromatic rings. The number of hydrogen-bond acceptors (Lipinski definition) is 4. The summed E-state index contributed by atoms with van der Waals surface area (Å²) in [5, 5.41) is 8.69. The van der Waals surface area contributed by atoms with Crippen LogP contribution in [0.1, 0.15) is 6.42 Å². The van der Waals surface area contributed by atoms with Crippen molar-refractivity contribution >= 4 is 8.60 Å². The molecule has 1 unspecified atom stereocenters. The molecule has 0 aromatic heterocycles. The third kappa shape index (κ3) is 1.55. The molecule has 3 aliphatic heterocycles. The lowest BCUT2D eigenvalue weighted by atomic mass is 10.0. The molecule has 64 valence electrons. The maximum Gasteiger partial charge on any atom is 0.332 e. The summed E-state index contributed by atoms with van der Waals surface area (Å²) in [4.78, 5) is 0. The quantitative estimate of drug-likeness (QED) is 0.631. The van der Waals surface area contributed by atoms with E-state index in [1.807, 2.05) is 0 Å². The molecule has 4 nitrogen and oxygen atoms in total. The molecule has 3 rings (SSSR count). The molecule has 0 saturated carbocycles. The maximum atomic E-state index is 8.69. The van der Waals surface area contributed by atoms with Crippen molar-refractivity contribution < 1.29 is 18.7 Å². The first-order chi connectivity index (χ1) is 5.40. The summed E-state index contributed by atoms with van der Waals surface area (Å²) in [5.74, 6) is 0.328. The lowest BCUT2D eigenvalue weighted by molar-refractivity contribution is -0.0597. The molecule has 3 heterocycles. The van der Waals surface area contributed by atoms with Crippen LogP contribution >= 0.6 is 8.60 Å². The van der Waals surface area contributed by atoms with Gasteiger partial charge in [0.1, 0.15) is 0 Å². The van der Waals surface area contributed by atoms with Gasteiger partial charge in [0.2, 0.25) is 0 Å². The summed E-state index contributed by atoms with van der Waals surface area (Å²) in [7, 11) is -1.07. The molecule has 3 aliphatic rings. The van der Waals surface area contributed by atoms with Crippen molar-refractivity contribution in [1.29, 1.82) is 0 Å². The summed E-state index contributed by atoms with van der Waals surface area (Å²) in [6, 6.07) is 0. The zero-order valence-electron chi connectivity index (χ0n) is 6.10. The fraction of sp³-hybridized carbons (Fsp3) is 1.00. The van der Waals surface area contributed by atoms with Crippen LogP contribution in [0.15, 0.2) is 0 Å². The Kier molecular flexibility index (Phi) is 2.39. The topological polar surface area (TPSA) is 47.9 Å². The first-order valence-electron chi connectivity index (χ1n) is 3.74. The van der Waals surface area contributed by atoms with Crippen molar-refractivity contribution in [3.05, 3.63) is 0 Å². The zero-order valence-corrected chi connectivity index (χ0v) is 7.00. The Morgan fingerprint density at radius 3 is 2.55 bits per heavy atom. The Morgan fingerprint density at radius 1 is 1.36 bits per heavy atom. The van der Waals surface area contributed by atoms with Crippen LogP contribution in [0, 0.1) is 5.92 Å². The first-order valence-corrected chi connectivity index (χ1v) is 4.83. The number of aliphatic hydroxyl groups is 1. The molecule has 0 amide bonds. The predicted octanol–water partition coefficient (Wildman–Crippen LogP) is 0.657. The van der Waals surface area contributed by atoms with Gasteiger partial charge in [0.15, 0.2) is 0 Å². The molecular weight excluding hydrogens is 167 g/mol. The van der Waals surface area contributed by atoms with Gasteiger partial charge in [-0.2, -0.15) is 0 Å². The molecule has 0 aliphatic carbocycles. The minimum absolute atomic E-state index is 0.161. The van der Waals surface area contributed by atoms with Gasteiger partial charge in [-0.15, -0.1) is 0 Å². The summed E-state index contributed by atoms with van der Waals surface area (Å²) in [5.41, 5.74) is 0. The molecule has 1 N–H and O–H groups in total. The molecule has 3 fully saturated rings. The highest BCUT2D eigenvalue weighted by atomic mass is 31.2. The fourth-order valence-electron chi connectivity index (χ4n) is 1.29. The second-order valence-corrected chi connectivity index (χ2v) is 3.91. The molecule has 1 atom stereocenters. The van der Waals surface area contributed by atoms with Gasteiger partial charge in [-0.25, -0.2) is 0 Å². The van der Waals surface area contributed by atoms with Gasteiger partial charge in [-0.3, -0.25) is 0 Å². The van der Waals surface area contributed by atoms with Gasteiger partial charge in [-0.1, -0.05) is 0 Å². The Labute approximate surface area is 66.4 Å². The lowest BCUT2D eigenvalue weighted by Crippen LogP contribution is -2.39. The minimum atomic E-state index is -1.07. The van der Waals surface area contributed by atoms with Crippen LogP contribution in [0.4, 0.5) is 0 Å². The zero-order chi connectivity index (χ0) is 7.68. The minimum Gasteiger partial charge on any atom is -0.396 e. The third-order valence-corrected chi connectivity index (χ3v) is 3.11. The smallest absolute Gasteiger partial charge is 0.332 e. The Balaban J connectivity index is 1.92. The first kappa shape index (κ1) is 7.90. The van der Waals surface area contributed by atoms with Crippen LogP contribution in [-0.2, 0) is 13.6 Å². The number of aliphatic hydroxyl groups excluding tert-OH is 1. The largest absolute Gasteiger partial charge is 0.396 e. The van der Waals surface area contributed by atoms with E-state index in [0.717, 1.165) is 13.2 Å². The van der Waals surface area contributed by atoms with Crippen molar-refractivity contribution in [2.24, 2.45) is 5.92 Å². The SMILES string of the molecule is OCCC1OP2OCC1CO2. The van der Waals surface area contributed by atoms with Gasteiger partial charge in [0, 0.05) is 12.5 Å². The van der Waals surface area contributed by atoms with E-state index in [1.54, 1.807) is 0 Å². The van der Waals surface area contributed by atoms with E-state index >= 15 is 0 Å². The predicted molar refractivity (Wildman–Crippen MR) is 38.9 cm³/mol. The van der Waals surface area contributed by atoms with E-state index in [0.29, 0.717) is 12.3 Å². The molecule has 0 radical (unpaired) electrons. The molecule has 2 bridgehead atoms. The van der Waals surface area contributed by atoms with Crippen molar-refractivity contribution in [1.82, 2.24) is 0 Å². The van der Waals surface area contributed by atoms with Crippen molar-refractivity contribution in [3.63, 3.8) is 0 Å². The number of fused-ring (bicyclic) bond motifs is 3. The second kappa shape index (κ2) is 3.33. The van der Waals surface area contributed by atoms with E-state index < -0.39 is 8.60 Å². The summed E-state index contributed by atoms with van der Waals surface area (Å²) >= 11 is 0. The summed E-state index contributed by atoms with van der Waals surface area (Å²) < 4.78 is 15.8. The van der Waals surface area contributed by atoms with Crippen molar-refractivity contribution in [3.8, 4) is 0 Å². The second-order valence-electron chi connectivity index (χ2n) is 2.73. The molecule has 11 heavy (non-hydrogen) atoms. The average Bonchev–Trinajstić information content (AvgIpc) is 2.07. The summed E-state index contributed by atoms with van der Waals surface area (Å²) in [6.07, 6.45) is 0.865. The van der Waals surface area contributed by atoms with E-state index in [9.17, 15) is 0 Å². The highest BCUT2D eigenvalue weighted by Gasteiger charge is 2.39. The Hall–Kier alpha value is 0.270. The third-order valence-electron chi connectivity index (χ3n) is 1.95. The monoisotopic (exact) mass is 178 g/mol. The normalized spacial score (nSPS) is 42.8. The van der Waals surface area contributed by atoms with Crippen LogP contribution in [0.5, 0.6) is 0 Å². The van der Waals surface area contributed by atoms with Gasteiger partial charge in [0.25, 0.3) is 0 Å². The highest BCUT2D eigenvalue weighted by Crippen LogP contribution is 2.52. The van der Waals surface area contributed by atoms with E-state index in [-0.39, 0.29) is 12.7 Å². The molecule has 5 heteroatoms. The van der Waals surface area contributed by atoms with Crippen LogP contribution in [0.25, 0.3) is 0 Å². The van der Waals surface area contributed by atoms with Crippen molar-refractivity contribution in [2.75, 3.05) is 19.8 Å². The standard InChI is InChI=1S/C6H11O4P/c7-2-1-6-5-3-8-11(10-6)9-4-5/h5-7H,1-4H2. The van der Waals surface area contributed by atoms with Crippen LogP contribution in [0.3, 0.4) is 0 Å². The Morgan fingerprint density at radius 2 is 2.09 bits per heavy atom. The van der Waals surface area contributed by atoms with Crippen molar-refractivity contribution in [2.45, 2.75) is 12.5 Å². The molecule has 0 aromatic carbocycles. The van der Waals surface area contributed by atoms with E-state index in [2.05, 4.69) is 0 Å². The molecule has 0 spiro atoms. The van der Waals surface area contributed by atoms with E-state index in [4.69, 9.17) is 18.7 Å². The van der Waals surface area contributed by atoms with Crippen LogP contribution in [0.2, 0.25) is 0 Å². The van der Waals surface area contributed by atoms with Gasteiger partial charge in [-0.05, 0) is 6.42 Å². The van der Waals surface area contributed by atoms with Crippen LogP contribution in [-0.4, -0.2) is 31.0 Å². The van der Waals surface area contributed by atoms with Gasteiger partial charge < -0.3 is 18.7 Å². The maximum absolute atomic E-state index is 8.69. The highest BCUT2D eigenvalue weighted by molar-refractivity contribution is 7.41. The van der Waals surface area contributed by atoms with Gasteiger partial charge in [0.05, 0.1) is 19.3 Å². The average molecular weight is 178 g/mol.